The maximum Gasteiger partial charge on any atom is 0.326 e. The summed E-state index contributed by atoms with van der Waals surface area (Å²) in [7, 11) is 0. The van der Waals surface area contributed by atoms with E-state index in [1.54, 1.807) is 36.1 Å². The minimum Gasteiger partial charge on any atom is -0.334 e. The Hall–Kier alpha value is -4.33. The number of benzene rings is 3. The summed E-state index contributed by atoms with van der Waals surface area (Å²) >= 11 is 0. The van der Waals surface area contributed by atoms with Crippen molar-refractivity contribution in [3.63, 3.8) is 0 Å². The standard InChI is InChI=1S/C27H22F2N4O2/c1-15-11-16(2)13-22(12-15)33-17(3)23(24(30-27(33)34)18-7-9-20(28)10-8-18)26-31-25(32-35-26)19-5-4-6-21(29)14-19/h4-14,24H,1-3H3,(H,30,34). The summed E-state index contributed by atoms with van der Waals surface area (Å²) in [5.41, 5.74) is 4.97. The number of hydrogen-bond acceptors (Lipinski definition) is 4. The van der Waals surface area contributed by atoms with Gasteiger partial charge in [-0.1, -0.05) is 35.5 Å². The summed E-state index contributed by atoms with van der Waals surface area (Å²) in [5.74, 6) is -0.418. The number of allylic oxidation sites excluding steroid dienone is 1. The fourth-order valence-electron chi connectivity index (χ4n) is 4.39. The van der Waals surface area contributed by atoms with E-state index in [-0.39, 0.29) is 23.6 Å². The molecule has 2 amide bonds. The smallest absolute Gasteiger partial charge is 0.326 e. The predicted octanol–water partition coefficient (Wildman–Crippen LogP) is 6.33. The first kappa shape index (κ1) is 22.5. The van der Waals surface area contributed by atoms with Crippen LogP contribution >= 0.6 is 0 Å². The molecule has 0 saturated carbocycles. The molecule has 8 heteroatoms. The fourth-order valence-corrected chi connectivity index (χ4v) is 4.39. The molecule has 1 atom stereocenters. The number of nitrogens with zero attached hydrogens (tertiary/aromatic N) is 3. The Kier molecular flexibility index (Phi) is 5.64. The molecule has 176 valence electrons. The number of urea groups is 1. The number of carbonyl (C=O) groups excluding carboxylic acids is 1. The van der Waals surface area contributed by atoms with Crippen LogP contribution in [-0.4, -0.2) is 16.2 Å². The lowest BCUT2D eigenvalue weighted by molar-refractivity contribution is 0.244. The third kappa shape index (κ3) is 4.30. The third-order valence-corrected chi connectivity index (χ3v) is 5.89. The average Bonchev–Trinajstić information content (AvgIpc) is 3.28. The molecule has 2 heterocycles. The van der Waals surface area contributed by atoms with Gasteiger partial charge in [0.2, 0.25) is 5.82 Å². The Morgan fingerprint density at radius 1 is 0.914 bits per heavy atom. The summed E-state index contributed by atoms with van der Waals surface area (Å²) < 4.78 is 33.0. The van der Waals surface area contributed by atoms with Gasteiger partial charge < -0.3 is 9.84 Å². The zero-order chi connectivity index (χ0) is 24.7. The van der Waals surface area contributed by atoms with Crippen LogP contribution in [0.1, 0.15) is 35.5 Å². The molecule has 3 aromatic carbocycles. The van der Waals surface area contributed by atoms with Crippen LogP contribution in [-0.2, 0) is 0 Å². The number of rotatable bonds is 4. The van der Waals surface area contributed by atoms with Crippen molar-refractivity contribution >= 4 is 17.3 Å². The van der Waals surface area contributed by atoms with Gasteiger partial charge in [0.05, 0.1) is 17.3 Å². The minimum atomic E-state index is -0.661. The molecule has 0 fully saturated rings. The van der Waals surface area contributed by atoms with Gasteiger partial charge in [-0.2, -0.15) is 4.98 Å². The van der Waals surface area contributed by atoms with Crippen molar-refractivity contribution in [2.75, 3.05) is 4.90 Å². The largest absolute Gasteiger partial charge is 0.334 e. The van der Waals surface area contributed by atoms with Crippen LogP contribution in [0.15, 0.2) is 77.0 Å². The first-order valence-corrected chi connectivity index (χ1v) is 11.1. The molecule has 0 saturated heterocycles. The lowest BCUT2D eigenvalue weighted by Gasteiger charge is -2.35. The highest BCUT2D eigenvalue weighted by Crippen LogP contribution is 2.39. The van der Waals surface area contributed by atoms with E-state index >= 15 is 0 Å². The molecule has 1 N–H and O–H groups in total. The van der Waals surface area contributed by atoms with Crippen molar-refractivity contribution in [1.29, 1.82) is 0 Å². The monoisotopic (exact) mass is 472 g/mol. The van der Waals surface area contributed by atoms with E-state index in [1.165, 1.54) is 24.3 Å². The maximum absolute atomic E-state index is 13.8. The minimum absolute atomic E-state index is 0.172. The molecule has 1 unspecified atom stereocenters. The molecule has 0 spiro atoms. The van der Waals surface area contributed by atoms with Crippen LogP contribution in [0.4, 0.5) is 19.3 Å². The lowest BCUT2D eigenvalue weighted by atomic mass is 9.94. The fraction of sp³-hybridized carbons (Fsp3) is 0.148. The van der Waals surface area contributed by atoms with Crippen LogP contribution < -0.4 is 10.2 Å². The molecule has 1 aliphatic rings. The van der Waals surface area contributed by atoms with E-state index in [0.717, 1.165) is 11.1 Å². The lowest BCUT2D eigenvalue weighted by Crippen LogP contribution is -2.46. The Bertz CT molecular complexity index is 1440. The van der Waals surface area contributed by atoms with Crippen molar-refractivity contribution in [2.45, 2.75) is 26.8 Å². The molecular weight excluding hydrogens is 450 g/mol. The summed E-state index contributed by atoms with van der Waals surface area (Å²) in [5, 5.41) is 7.04. The zero-order valence-corrected chi connectivity index (χ0v) is 19.3. The molecule has 0 bridgehead atoms. The Morgan fingerprint density at radius 2 is 1.63 bits per heavy atom. The number of carbonyl (C=O) groups is 1. The van der Waals surface area contributed by atoms with Gasteiger partial charge in [-0.05, 0) is 73.9 Å². The first-order valence-electron chi connectivity index (χ1n) is 11.1. The Morgan fingerprint density at radius 3 is 2.31 bits per heavy atom. The zero-order valence-electron chi connectivity index (χ0n) is 19.3. The van der Waals surface area contributed by atoms with E-state index in [9.17, 15) is 13.6 Å². The highest BCUT2D eigenvalue weighted by atomic mass is 19.1. The van der Waals surface area contributed by atoms with E-state index in [0.29, 0.717) is 28.1 Å². The molecule has 0 radical (unpaired) electrons. The second-order valence-corrected chi connectivity index (χ2v) is 8.55. The highest BCUT2D eigenvalue weighted by molar-refractivity contribution is 6.01. The molecular formula is C27H22F2N4O2. The maximum atomic E-state index is 13.8. The number of hydrogen-bond donors (Lipinski definition) is 1. The van der Waals surface area contributed by atoms with Crippen molar-refractivity contribution < 1.29 is 18.1 Å². The van der Waals surface area contributed by atoms with Crippen molar-refractivity contribution in [3.05, 3.63) is 107 Å². The Balaban J connectivity index is 1.67. The number of amides is 2. The number of nitrogens with one attached hydrogen (secondary N) is 1. The highest BCUT2D eigenvalue weighted by Gasteiger charge is 2.36. The van der Waals surface area contributed by atoms with Gasteiger partial charge in [-0.15, -0.1) is 0 Å². The molecule has 1 aliphatic heterocycles. The second-order valence-electron chi connectivity index (χ2n) is 8.55. The van der Waals surface area contributed by atoms with E-state index in [2.05, 4.69) is 15.5 Å². The summed E-state index contributed by atoms with van der Waals surface area (Å²) in [4.78, 5) is 19.4. The van der Waals surface area contributed by atoms with Crippen LogP contribution in [0.5, 0.6) is 0 Å². The van der Waals surface area contributed by atoms with Crippen LogP contribution in [0, 0.1) is 25.5 Å². The van der Waals surface area contributed by atoms with Crippen molar-refractivity contribution in [2.24, 2.45) is 0 Å². The Labute approximate surface area is 200 Å². The van der Waals surface area contributed by atoms with Gasteiger partial charge in [0, 0.05) is 11.3 Å². The normalized spacial score (nSPS) is 16.0. The summed E-state index contributed by atoms with van der Waals surface area (Å²) in [6.07, 6.45) is 0. The second kappa shape index (κ2) is 8.79. The van der Waals surface area contributed by atoms with Gasteiger partial charge >= 0.3 is 6.03 Å². The quantitative estimate of drug-likeness (QED) is 0.377. The number of halogens is 2. The topological polar surface area (TPSA) is 71.3 Å². The van der Waals surface area contributed by atoms with E-state index in [1.807, 2.05) is 32.0 Å². The third-order valence-electron chi connectivity index (χ3n) is 5.89. The number of aryl methyl sites for hydroxylation is 2. The van der Waals surface area contributed by atoms with Crippen molar-refractivity contribution in [1.82, 2.24) is 15.5 Å². The SMILES string of the molecule is CC1=C(c2nc(-c3cccc(F)c3)no2)C(c2ccc(F)cc2)NC(=O)N1c1cc(C)cc(C)c1. The van der Waals surface area contributed by atoms with E-state index in [4.69, 9.17) is 4.52 Å². The van der Waals surface area contributed by atoms with Gasteiger partial charge in [0.25, 0.3) is 5.89 Å². The van der Waals surface area contributed by atoms with Gasteiger partial charge in [0.15, 0.2) is 0 Å². The molecule has 6 nitrogen and oxygen atoms in total. The predicted molar refractivity (Wildman–Crippen MR) is 128 cm³/mol. The molecule has 1 aromatic heterocycles. The molecule has 35 heavy (non-hydrogen) atoms. The molecule has 0 aliphatic carbocycles. The number of aromatic nitrogens is 2. The van der Waals surface area contributed by atoms with E-state index < -0.39 is 11.9 Å². The van der Waals surface area contributed by atoms with Crippen LogP contribution in [0.2, 0.25) is 0 Å². The molecule has 5 rings (SSSR count). The number of anilines is 1. The van der Waals surface area contributed by atoms with Gasteiger partial charge in [-0.25, -0.2) is 13.6 Å². The summed E-state index contributed by atoms with van der Waals surface area (Å²) in [6.45, 7) is 5.72. The molecule has 4 aromatic rings. The van der Waals surface area contributed by atoms with Gasteiger partial charge in [-0.3, -0.25) is 4.90 Å². The summed E-state index contributed by atoms with van der Waals surface area (Å²) in [6, 6.07) is 16.6. The average molecular weight is 472 g/mol. The van der Waals surface area contributed by atoms with Crippen molar-refractivity contribution in [3.8, 4) is 11.4 Å². The van der Waals surface area contributed by atoms with Gasteiger partial charge in [0.1, 0.15) is 11.6 Å². The van der Waals surface area contributed by atoms with Crippen LogP contribution in [0.3, 0.4) is 0 Å². The first-order chi connectivity index (χ1) is 16.8. The van der Waals surface area contributed by atoms with Crippen LogP contribution in [0.25, 0.3) is 17.0 Å².